The SMILES string of the molecule is CCn1c(=O)n(C(C)C(=O)N2CCCC2C(=O)Nc2ccc(-c3cnc(-c4ccc(NC(=O)C5CCCN5C(=O)C(C)n5c(=O)n(CC)c6ccccc65)cc4)o3)cc2)c2ccccc21. The van der Waals surface area contributed by atoms with Gasteiger partial charge < -0.3 is 24.9 Å². The number of fused-ring (bicyclic) bond motifs is 2. The molecule has 2 aliphatic heterocycles. The predicted octanol–water partition coefficient (Wildman–Crippen LogP) is 6.66. The molecule has 4 atom stereocenters. The number of rotatable bonds is 12. The molecule has 334 valence electrons. The molecule has 4 amide bonds. The lowest BCUT2D eigenvalue weighted by molar-refractivity contribution is -0.139. The van der Waals surface area contributed by atoms with Gasteiger partial charge in [-0.1, -0.05) is 24.3 Å². The van der Waals surface area contributed by atoms with Crippen LogP contribution in [0.2, 0.25) is 0 Å². The summed E-state index contributed by atoms with van der Waals surface area (Å²) in [6.07, 6.45) is 3.99. The lowest BCUT2D eigenvalue weighted by Gasteiger charge is -2.27. The topological polar surface area (TPSA) is 179 Å². The van der Waals surface area contributed by atoms with E-state index in [-0.39, 0.29) is 35.0 Å². The molecule has 9 rings (SSSR count). The fourth-order valence-electron chi connectivity index (χ4n) is 9.54. The fourth-order valence-corrected chi connectivity index (χ4v) is 9.54. The van der Waals surface area contributed by atoms with Crippen LogP contribution in [0.4, 0.5) is 11.4 Å². The van der Waals surface area contributed by atoms with E-state index < -0.39 is 24.2 Å². The molecule has 3 aromatic heterocycles. The minimum Gasteiger partial charge on any atom is -0.436 e. The monoisotopic (exact) mass is 877 g/mol. The van der Waals surface area contributed by atoms with Crippen molar-refractivity contribution in [3.8, 4) is 22.8 Å². The Morgan fingerprint density at radius 3 is 1.46 bits per heavy atom. The molecule has 0 saturated carbocycles. The van der Waals surface area contributed by atoms with Crippen LogP contribution in [0.5, 0.6) is 0 Å². The zero-order valence-corrected chi connectivity index (χ0v) is 36.8. The maximum atomic E-state index is 13.9. The summed E-state index contributed by atoms with van der Waals surface area (Å²) in [5, 5.41) is 5.92. The Morgan fingerprint density at radius 2 is 1.03 bits per heavy atom. The Morgan fingerprint density at radius 1 is 0.615 bits per heavy atom. The minimum absolute atomic E-state index is 0.254. The van der Waals surface area contributed by atoms with Gasteiger partial charge in [0.1, 0.15) is 24.2 Å². The van der Waals surface area contributed by atoms with Crippen molar-refractivity contribution in [3.05, 3.63) is 124 Å². The molecule has 7 aromatic rings. The van der Waals surface area contributed by atoms with Crippen molar-refractivity contribution in [1.29, 1.82) is 0 Å². The van der Waals surface area contributed by atoms with E-state index in [9.17, 15) is 28.8 Å². The summed E-state index contributed by atoms with van der Waals surface area (Å²) in [5.41, 5.74) is 4.91. The molecule has 4 aromatic carbocycles. The number of hydrogen-bond donors (Lipinski definition) is 2. The molecule has 2 saturated heterocycles. The number of oxazole rings is 1. The van der Waals surface area contributed by atoms with Gasteiger partial charge >= 0.3 is 11.4 Å². The maximum absolute atomic E-state index is 13.9. The van der Waals surface area contributed by atoms with E-state index in [1.54, 1.807) is 75.4 Å². The molecule has 16 nitrogen and oxygen atoms in total. The summed E-state index contributed by atoms with van der Waals surface area (Å²) >= 11 is 0. The Hall–Kier alpha value is -7.49. The van der Waals surface area contributed by atoms with Crippen LogP contribution in [0.25, 0.3) is 44.8 Å². The van der Waals surface area contributed by atoms with E-state index in [0.29, 0.717) is 91.5 Å². The van der Waals surface area contributed by atoms with Crippen molar-refractivity contribution in [3.63, 3.8) is 0 Å². The first-order chi connectivity index (χ1) is 31.5. The van der Waals surface area contributed by atoms with Crippen molar-refractivity contribution in [2.24, 2.45) is 0 Å². The van der Waals surface area contributed by atoms with E-state index >= 15 is 0 Å². The smallest absolute Gasteiger partial charge is 0.329 e. The average molecular weight is 878 g/mol. The number of imidazole rings is 2. The molecule has 16 heteroatoms. The van der Waals surface area contributed by atoms with Gasteiger partial charge in [0.25, 0.3) is 0 Å². The van der Waals surface area contributed by atoms with Crippen molar-refractivity contribution >= 4 is 57.1 Å². The summed E-state index contributed by atoms with van der Waals surface area (Å²) in [4.78, 5) is 89.3. The van der Waals surface area contributed by atoms with Gasteiger partial charge in [0.2, 0.25) is 29.5 Å². The van der Waals surface area contributed by atoms with Gasteiger partial charge in [0.15, 0.2) is 5.76 Å². The van der Waals surface area contributed by atoms with E-state index in [1.165, 1.54) is 9.13 Å². The molecule has 2 aliphatic rings. The minimum atomic E-state index is -0.791. The molecule has 5 heterocycles. The van der Waals surface area contributed by atoms with Gasteiger partial charge in [0.05, 0.1) is 28.3 Å². The van der Waals surface area contributed by atoms with Crippen molar-refractivity contribution in [2.75, 3.05) is 23.7 Å². The molecule has 0 spiro atoms. The highest BCUT2D eigenvalue weighted by atomic mass is 16.4. The van der Waals surface area contributed by atoms with Crippen molar-refractivity contribution in [2.45, 2.75) is 90.6 Å². The number of aromatic nitrogens is 5. The van der Waals surface area contributed by atoms with Gasteiger partial charge in [-0.2, -0.15) is 0 Å². The van der Waals surface area contributed by atoms with Crippen molar-refractivity contribution in [1.82, 2.24) is 33.1 Å². The number of aryl methyl sites for hydroxylation is 2. The highest BCUT2D eigenvalue weighted by Gasteiger charge is 2.39. The summed E-state index contributed by atoms with van der Waals surface area (Å²) in [7, 11) is 0. The van der Waals surface area contributed by atoms with Crippen LogP contribution in [0.3, 0.4) is 0 Å². The third kappa shape index (κ3) is 7.72. The number of hydrogen-bond acceptors (Lipinski definition) is 8. The summed E-state index contributed by atoms with van der Waals surface area (Å²) in [6, 6.07) is 26.1. The first-order valence-corrected chi connectivity index (χ1v) is 22.3. The third-order valence-corrected chi connectivity index (χ3v) is 12.9. The fraction of sp³-hybridized carbons (Fsp3) is 0.327. The Balaban J connectivity index is 0.812. The molecule has 0 bridgehead atoms. The Bertz CT molecular complexity index is 2860. The number of nitrogens with zero attached hydrogens (tertiary/aromatic N) is 7. The summed E-state index contributed by atoms with van der Waals surface area (Å²) in [5.74, 6) is -0.263. The van der Waals surface area contributed by atoms with Crippen LogP contribution in [0.1, 0.15) is 65.5 Å². The Kier molecular flexibility index (Phi) is 11.6. The number of carbonyl (C=O) groups is 4. The number of para-hydroxylation sites is 4. The van der Waals surface area contributed by atoms with Gasteiger partial charge in [-0.3, -0.25) is 37.4 Å². The standard InChI is InChI=1S/C49H51N9O7/c1-5-53-36-13-7-9-15-38(36)57(48(53)63)30(3)46(61)55-27-11-17-40(55)43(59)51-34-23-19-32(20-24-34)42-29-50-45(65-42)33-21-25-35(26-22-33)52-44(60)41-18-12-28-56(41)47(62)31(4)58-39-16-10-8-14-37(39)54(6-2)49(58)64/h7-10,13-16,19-26,29-31,40-41H,5-6,11-12,17-18,27-28H2,1-4H3,(H,51,59)(H,52,60). The van der Waals surface area contributed by atoms with Crippen LogP contribution < -0.4 is 22.0 Å². The van der Waals surface area contributed by atoms with Crippen LogP contribution in [0.15, 0.2) is 117 Å². The summed E-state index contributed by atoms with van der Waals surface area (Å²) in [6.45, 7) is 9.01. The van der Waals surface area contributed by atoms with E-state index in [2.05, 4.69) is 15.6 Å². The number of benzene rings is 4. The van der Waals surface area contributed by atoms with Gasteiger partial charge in [-0.05, 0) is 126 Å². The van der Waals surface area contributed by atoms with Crippen LogP contribution in [-0.4, -0.2) is 81.9 Å². The van der Waals surface area contributed by atoms with Crippen LogP contribution in [-0.2, 0) is 32.3 Å². The van der Waals surface area contributed by atoms with Gasteiger partial charge in [-0.25, -0.2) is 14.6 Å². The van der Waals surface area contributed by atoms with Crippen LogP contribution in [0, 0.1) is 0 Å². The second kappa shape index (κ2) is 17.6. The largest absolute Gasteiger partial charge is 0.436 e. The van der Waals surface area contributed by atoms with E-state index in [0.717, 1.165) is 16.6 Å². The van der Waals surface area contributed by atoms with Crippen LogP contribution >= 0.6 is 0 Å². The molecule has 0 aliphatic carbocycles. The average Bonchev–Trinajstić information content (AvgIpc) is 4.18. The van der Waals surface area contributed by atoms with Gasteiger partial charge in [-0.15, -0.1) is 0 Å². The second-order valence-electron chi connectivity index (χ2n) is 16.7. The number of likely N-dealkylation sites (tertiary alicyclic amines) is 2. The molecule has 4 unspecified atom stereocenters. The molecular formula is C49H51N9O7. The number of carbonyl (C=O) groups excluding carboxylic acids is 4. The molecule has 65 heavy (non-hydrogen) atoms. The zero-order chi connectivity index (χ0) is 45.5. The predicted molar refractivity (Wildman–Crippen MR) is 247 cm³/mol. The lowest BCUT2D eigenvalue weighted by Crippen LogP contribution is -2.46. The van der Waals surface area contributed by atoms with Gasteiger partial charge in [0, 0.05) is 48.7 Å². The Labute approximate surface area is 374 Å². The normalized spacial score (nSPS) is 17.2. The summed E-state index contributed by atoms with van der Waals surface area (Å²) < 4.78 is 12.5. The molecule has 0 radical (unpaired) electrons. The zero-order valence-electron chi connectivity index (χ0n) is 36.8. The molecule has 2 fully saturated rings. The number of amides is 4. The number of anilines is 2. The number of nitrogens with one attached hydrogen (secondary N) is 2. The van der Waals surface area contributed by atoms with E-state index in [4.69, 9.17) is 4.42 Å². The van der Waals surface area contributed by atoms with E-state index in [1.807, 2.05) is 74.5 Å². The first kappa shape index (κ1) is 42.8. The highest BCUT2D eigenvalue weighted by molar-refractivity contribution is 5.99. The van der Waals surface area contributed by atoms with Crippen molar-refractivity contribution < 1.29 is 23.6 Å². The quantitative estimate of drug-likeness (QED) is 0.137. The maximum Gasteiger partial charge on any atom is 0.329 e. The third-order valence-electron chi connectivity index (χ3n) is 12.9. The molecular weight excluding hydrogens is 827 g/mol. The second-order valence-corrected chi connectivity index (χ2v) is 16.7. The lowest BCUT2D eigenvalue weighted by atomic mass is 10.1. The first-order valence-electron chi connectivity index (χ1n) is 22.3. The molecule has 2 N–H and O–H groups in total. The highest BCUT2D eigenvalue weighted by Crippen LogP contribution is 2.30.